The van der Waals surface area contributed by atoms with Crippen LogP contribution in [0, 0.1) is 0 Å². The third kappa shape index (κ3) is 1.84. The summed E-state index contributed by atoms with van der Waals surface area (Å²) in [6.07, 6.45) is 4.25. The zero-order chi connectivity index (χ0) is 12.5. The van der Waals surface area contributed by atoms with E-state index in [1.165, 1.54) is 12.8 Å². The Morgan fingerprint density at radius 1 is 1.33 bits per heavy atom. The Morgan fingerprint density at radius 2 is 2.11 bits per heavy atom. The second-order valence-electron chi connectivity index (χ2n) is 4.52. The van der Waals surface area contributed by atoms with Crippen LogP contribution >= 0.6 is 0 Å². The average molecular weight is 246 g/mol. The first kappa shape index (κ1) is 11.2. The first-order chi connectivity index (χ1) is 8.75. The second-order valence-corrected chi connectivity index (χ2v) is 4.52. The Labute approximate surface area is 104 Å². The summed E-state index contributed by atoms with van der Waals surface area (Å²) in [5.41, 5.74) is 0.608. The van der Waals surface area contributed by atoms with E-state index < -0.39 is 5.97 Å². The van der Waals surface area contributed by atoms with Crippen molar-refractivity contribution in [2.24, 2.45) is 0 Å². The number of hydrogen-bond acceptors (Lipinski definition) is 4. The summed E-state index contributed by atoms with van der Waals surface area (Å²) < 4.78 is 1.77. The van der Waals surface area contributed by atoms with Crippen molar-refractivity contribution >= 4 is 11.6 Å². The molecular weight excluding hydrogens is 232 g/mol. The van der Waals surface area contributed by atoms with Crippen LogP contribution in [0.3, 0.4) is 0 Å². The highest BCUT2D eigenvalue weighted by atomic mass is 16.4. The fourth-order valence-electron chi connectivity index (χ4n) is 2.38. The molecule has 0 aliphatic carbocycles. The molecule has 1 saturated heterocycles. The normalized spacial score (nSPS) is 16.4. The van der Waals surface area contributed by atoms with Gasteiger partial charge in [-0.05, 0) is 38.1 Å². The van der Waals surface area contributed by atoms with Gasteiger partial charge < -0.3 is 5.11 Å². The molecule has 2 aromatic rings. The number of aromatic nitrogens is 3. The summed E-state index contributed by atoms with van der Waals surface area (Å²) in [6.45, 7) is 2.88. The minimum absolute atomic E-state index is 0.192. The van der Waals surface area contributed by atoms with Crippen LogP contribution in [0.5, 0.6) is 0 Å². The third-order valence-electron chi connectivity index (χ3n) is 3.30. The van der Waals surface area contributed by atoms with Gasteiger partial charge in [-0.2, -0.15) is 0 Å². The summed E-state index contributed by atoms with van der Waals surface area (Å²) in [6, 6.07) is 3.26. The van der Waals surface area contributed by atoms with Crippen molar-refractivity contribution in [3.63, 3.8) is 0 Å². The Bertz CT molecular complexity index is 587. The first-order valence-electron chi connectivity index (χ1n) is 6.04. The third-order valence-corrected chi connectivity index (χ3v) is 3.30. The largest absolute Gasteiger partial charge is 0.478 e. The van der Waals surface area contributed by atoms with Crippen LogP contribution in [0.1, 0.15) is 29.0 Å². The van der Waals surface area contributed by atoms with Gasteiger partial charge in [0.2, 0.25) is 0 Å². The molecule has 1 aliphatic rings. The van der Waals surface area contributed by atoms with Crippen LogP contribution in [-0.4, -0.2) is 43.7 Å². The number of carbonyl (C=O) groups is 1. The lowest BCUT2D eigenvalue weighted by Gasteiger charge is -2.12. The number of pyridine rings is 1. The molecule has 0 atom stereocenters. The highest BCUT2D eigenvalue weighted by Crippen LogP contribution is 2.14. The van der Waals surface area contributed by atoms with Gasteiger partial charge in [-0.25, -0.2) is 4.79 Å². The van der Waals surface area contributed by atoms with E-state index in [9.17, 15) is 4.79 Å². The molecule has 0 amide bonds. The first-order valence-corrected chi connectivity index (χ1v) is 6.04. The number of aromatic carboxylic acids is 1. The number of rotatable bonds is 3. The molecule has 3 heterocycles. The predicted molar refractivity (Wildman–Crippen MR) is 64.5 cm³/mol. The molecule has 0 unspecified atom stereocenters. The van der Waals surface area contributed by atoms with Gasteiger partial charge in [-0.15, -0.1) is 10.2 Å². The van der Waals surface area contributed by atoms with Crippen LogP contribution in [0.25, 0.3) is 5.65 Å². The molecule has 0 radical (unpaired) electrons. The molecule has 2 aromatic heterocycles. The highest BCUT2D eigenvalue weighted by molar-refractivity contribution is 5.94. The van der Waals surface area contributed by atoms with Crippen molar-refractivity contribution in [1.82, 2.24) is 19.5 Å². The lowest BCUT2D eigenvalue weighted by Crippen LogP contribution is -2.20. The van der Waals surface area contributed by atoms with E-state index in [1.807, 2.05) is 6.20 Å². The topological polar surface area (TPSA) is 70.7 Å². The van der Waals surface area contributed by atoms with Crippen LogP contribution in [-0.2, 0) is 6.54 Å². The lowest BCUT2D eigenvalue weighted by molar-refractivity contribution is 0.0698. The summed E-state index contributed by atoms with van der Waals surface area (Å²) >= 11 is 0. The van der Waals surface area contributed by atoms with Gasteiger partial charge in [-0.3, -0.25) is 9.30 Å². The van der Waals surface area contributed by atoms with E-state index in [2.05, 4.69) is 15.1 Å². The van der Waals surface area contributed by atoms with E-state index >= 15 is 0 Å². The minimum Gasteiger partial charge on any atom is -0.478 e. The Balaban J connectivity index is 1.98. The summed E-state index contributed by atoms with van der Waals surface area (Å²) in [7, 11) is 0. The molecule has 3 rings (SSSR count). The number of nitrogens with zero attached hydrogens (tertiary/aromatic N) is 4. The van der Waals surface area contributed by atoms with E-state index in [1.54, 1.807) is 16.5 Å². The molecule has 6 heteroatoms. The lowest BCUT2D eigenvalue weighted by atomic mass is 10.3. The van der Waals surface area contributed by atoms with Gasteiger partial charge >= 0.3 is 5.97 Å². The van der Waals surface area contributed by atoms with Gasteiger partial charge in [0.05, 0.1) is 6.54 Å². The molecule has 0 spiro atoms. The maximum atomic E-state index is 11.1. The number of carboxylic acids is 1. The molecule has 18 heavy (non-hydrogen) atoms. The fourth-order valence-corrected chi connectivity index (χ4v) is 2.38. The number of carboxylic acid groups (broad SMARTS) is 1. The summed E-state index contributed by atoms with van der Waals surface area (Å²) in [5.74, 6) is -0.171. The SMILES string of the molecule is O=C(O)c1cccn2c(CN3CCCC3)nnc12. The smallest absolute Gasteiger partial charge is 0.339 e. The maximum Gasteiger partial charge on any atom is 0.339 e. The van der Waals surface area contributed by atoms with E-state index in [0.717, 1.165) is 25.5 Å². The van der Waals surface area contributed by atoms with Gasteiger partial charge in [-0.1, -0.05) is 0 Å². The standard InChI is InChI=1S/C12H14N4O2/c17-12(18)9-4-3-7-16-10(13-14-11(9)16)8-15-5-1-2-6-15/h3-4,7H,1-2,5-6,8H2,(H,17,18). The van der Waals surface area contributed by atoms with E-state index in [4.69, 9.17) is 5.11 Å². The molecule has 1 N–H and O–H groups in total. The highest BCUT2D eigenvalue weighted by Gasteiger charge is 2.17. The second kappa shape index (κ2) is 4.38. The minimum atomic E-state index is -0.972. The quantitative estimate of drug-likeness (QED) is 0.875. The van der Waals surface area contributed by atoms with Crippen molar-refractivity contribution < 1.29 is 9.90 Å². The van der Waals surface area contributed by atoms with E-state index in [0.29, 0.717) is 5.65 Å². The van der Waals surface area contributed by atoms with Crippen LogP contribution in [0.2, 0.25) is 0 Å². The average Bonchev–Trinajstić information content (AvgIpc) is 2.99. The molecule has 1 aliphatic heterocycles. The van der Waals surface area contributed by atoms with Crippen LogP contribution < -0.4 is 0 Å². The molecule has 94 valence electrons. The van der Waals surface area contributed by atoms with Crippen LogP contribution in [0.15, 0.2) is 18.3 Å². The molecule has 0 saturated carbocycles. The molecular formula is C12H14N4O2. The van der Waals surface area contributed by atoms with Gasteiger partial charge in [0.25, 0.3) is 0 Å². The number of fused-ring (bicyclic) bond motifs is 1. The Hall–Kier alpha value is -1.95. The summed E-state index contributed by atoms with van der Waals surface area (Å²) in [4.78, 5) is 13.4. The van der Waals surface area contributed by atoms with Crippen LogP contribution in [0.4, 0.5) is 0 Å². The summed E-state index contributed by atoms with van der Waals surface area (Å²) in [5, 5.41) is 17.2. The maximum absolute atomic E-state index is 11.1. The molecule has 0 bridgehead atoms. The van der Waals surface area contributed by atoms with Crippen molar-refractivity contribution in [1.29, 1.82) is 0 Å². The van der Waals surface area contributed by atoms with Gasteiger partial charge in [0.15, 0.2) is 11.5 Å². The molecule has 1 fully saturated rings. The van der Waals surface area contributed by atoms with Crippen molar-refractivity contribution in [2.75, 3.05) is 13.1 Å². The number of likely N-dealkylation sites (tertiary alicyclic amines) is 1. The van der Waals surface area contributed by atoms with Crippen molar-refractivity contribution in [3.05, 3.63) is 29.7 Å². The van der Waals surface area contributed by atoms with Crippen molar-refractivity contribution in [2.45, 2.75) is 19.4 Å². The molecule has 0 aromatic carbocycles. The number of hydrogen-bond donors (Lipinski definition) is 1. The monoisotopic (exact) mass is 246 g/mol. The Kier molecular flexibility index (Phi) is 2.71. The van der Waals surface area contributed by atoms with Gasteiger partial charge in [0.1, 0.15) is 5.56 Å². The van der Waals surface area contributed by atoms with Gasteiger partial charge in [0, 0.05) is 6.20 Å². The van der Waals surface area contributed by atoms with E-state index in [-0.39, 0.29) is 5.56 Å². The molecule has 6 nitrogen and oxygen atoms in total. The van der Waals surface area contributed by atoms with Crippen molar-refractivity contribution in [3.8, 4) is 0 Å². The predicted octanol–water partition coefficient (Wildman–Crippen LogP) is 1.02. The zero-order valence-electron chi connectivity index (χ0n) is 9.91. The Morgan fingerprint density at radius 3 is 2.83 bits per heavy atom. The zero-order valence-corrected chi connectivity index (χ0v) is 9.91. The fraction of sp³-hybridized carbons (Fsp3) is 0.417.